The molecule has 1 aliphatic rings. The summed E-state index contributed by atoms with van der Waals surface area (Å²) in [7, 11) is 1.24. The zero-order chi connectivity index (χ0) is 32.0. The molecular weight excluding hydrogens is 585 g/mol. The Hall–Kier alpha value is -4.16. The molecule has 0 saturated heterocycles. The first-order valence-electron chi connectivity index (χ1n) is 13.9. The van der Waals surface area contributed by atoms with Crippen LogP contribution in [0.1, 0.15) is 60.4 Å². The minimum Gasteiger partial charge on any atom is -0.494 e. The van der Waals surface area contributed by atoms with Gasteiger partial charge in [-0.3, -0.25) is 4.79 Å². The highest BCUT2D eigenvalue weighted by molar-refractivity contribution is 6.00. The fraction of sp³-hybridized carbons (Fsp3) is 0.344. The number of rotatable bonds is 9. The summed E-state index contributed by atoms with van der Waals surface area (Å²) in [5, 5.41) is 25.7. The lowest BCUT2D eigenvalue weighted by atomic mass is 9.87. The molecule has 0 radical (unpaired) electrons. The lowest BCUT2D eigenvalue weighted by Gasteiger charge is -2.31. The quantitative estimate of drug-likeness (QED) is 0.193. The van der Waals surface area contributed by atoms with Crippen LogP contribution in [-0.2, 0) is 17.4 Å². The van der Waals surface area contributed by atoms with Crippen LogP contribution in [0.2, 0.25) is 0 Å². The second-order valence-corrected chi connectivity index (χ2v) is 11.6. The Kier molecular flexibility index (Phi) is 8.10. The number of aromatic nitrogens is 2. The van der Waals surface area contributed by atoms with E-state index in [1.54, 1.807) is 0 Å². The van der Waals surface area contributed by atoms with Gasteiger partial charge in [-0.05, 0) is 74.7 Å². The Morgan fingerprint density at radius 3 is 2.25 bits per heavy atom. The molecule has 1 atom stereocenters. The third kappa shape index (κ3) is 6.51. The van der Waals surface area contributed by atoms with Crippen molar-refractivity contribution < 1.29 is 41.7 Å². The molecule has 2 aromatic carbocycles. The predicted octanol–water partition coefficient (Wildman–Crippen LogP) is 6.25. The molecule has 1 aliphatic carbocycles. The molecule has 3 N–H and O–H groups in total. The summed E-state index contributed by atoms with van der Waals surface area (Å²) >= 11 is 0. The molecule has 12 heteroatoms. The molecule has 0 spiro atoms. The molecule has 4 aromatic rings. The topological polar surface area (TPSA) is 105 Å². The van der Waals surface area contributed by atoms with Crippen molar-refractivity contribution in [2.24, 2.45) is 5.92 Å². The molecule has 5 rings (SSSR count). The highest BCUT2D eigenvalue weighted by atomic mass is 19.4. The van der Waals surface area contributed by atoms with Crippen LogP contribution < -0.4 is 10.1 Å². The van der Waals surface area contributed by atoms with E-state index in [1.165, 1.54) is 57.4 Å². The number of nitrogens with one attached hydrogen (secondary N) is 1. The second-order valence-electron chi connectivity index (χ2n) is 11.6. The summed E-state index contributed by atoms with van der Waals surface area (Å²) in [6.07, 6.45) is -2.84. The van der Waals surface area contributed by atoms with Crippen LogP contribution in [0, 0.1) is 17.6 Å². The molecule has 2 heterocycles. The Balaban J connectivity index is 1.51. The van der Waals surface area contributed by atoms with E-state index in [0.29, 0.717) is 0 Å². The lowest BCUT2D eigenvalue weighted by molar-refractivity contribution is -0.140. The molecule has 2 aromatic heterocycles. The van der Waals surface area contributed by atoms with E-state index in [4.69, 9.17) is 4.74 Å². The van der Waals surface area contributed by atoms with Crippen molar-refractivity contribution in [3.8, 4) is 17.0 Å². The fourth-order valence-electron chi connectivity index (χ4n) is 5.05. The normalized spacial score (nSPS) is 15.2. The van der Waals surface area contributed by atoms with Gasteiger partial charge in [0, 0.05) is 22.1 Å². The standard InChI is InChI=1S/C32H30F5N3O4/c1-30(2,42)22-14-25(40-28(26(22)34)18-6-9-21(33)10-7-18)31(43,15-17-4-5-17)16-38-29(41)20-12-19-8-11-24(32(35,36)37)39-27(19)23(13-20)44-3/h6-14,17,42-43H,4-5,15-16H2,1-3H3,(H,38,41). The van der Waals surface area contributed by atoms with Gasteiger partial charge < -0.3 is 20.3 Å². The van der Waals surface area contributed by atoms with Gasteiger partial charge in [-0.1, -0.05) is 18.9 Å². The first kappa shape index (κ1) is 31.3. The number of methoxy groups -OCH3 is 1. The van der Waals surface area contributed by atoms with Gasteiger partial charge in [-0.15, -0.1) is 0 Å². The SMILES string of the molecule is COc1cc(C(=O)NCC(O)(CC2CC2)c2cc(C(C)(C)O)c(F)c(-c3ccc(F)cc3)n2)cc2ccc(C(F)(F)F)nc12. The van der Waals surface area contributed by atoms with Crippen LogP contribution in [0.15, 0.2) is 54.6 Å². The highest BCUT2D eigenvalue weighted by Crippen LogP contribution is 2.42. The summed E-state index contributed by atoms with van der Waals surface area (Å²) in [5.74, 6) is -1.98. The van der Waals surface area contributed by atoms with Crippen molar-refractivity contribution in [1.29, 1.82) is 0 Å². The van der Waals surface area contributed by atoms with Crippen LogP contribution in [0.3, 0.4) is 0 Å². The maximum Gasteiger partial charge on any atom is 0.433 e. The minimum atomic E-state index is -4.67. The van der Waals surface area contributed by atoms with Gasteiger partial charge in [0.25, 0.3) is 5.91 Å². The predicted molar refractivity (Wildman–Crippen MR) is 152 cm³/mol. The number of carbonyl (C=O) groups is 1. The van der Waals surface area contributed by atoms with Gasteiger partial charge >= 0.3 is 6.18 Å². The average molecular weight is 616 g/mol. The van der Waals surface area contributed by atoms with E-state index in [9.17, 15) is 32.6 Å². The number of carbonyl (C=O) groups excluding carboxylic acids is 1. The molecular formula is C32H30F5N3O4. The van der Waals surface area contributed by atoms with E-state index >= 15 is 4.39 Å². The number of amides is 1. The van der Waals surface area contributed by atoms with Gasteiger partial charge in [-0.25, -0.2) is 18.7 Å². The van der Waals surface area contributed by atoms with E-state index in [0.717, 1.165) is 31.0 Å². The number of benzene rings is 2. The molecule has 1 saturated carbocycles. The first-order valence-corrected chi connectivity index (χ1v) is 13.9. The Morgan fingerprint density at radius 2 is 1.66 bits per heavy atom. The number of hydrogen-bond donors (Lipinski definition) is 3. The number of pyridine rings is 2. The number of fused-ring (bicyclic) bond motifs is 1. The van der Waals surface area contributed by atoms with E-state index < -0.39 is 40.6 Å². The molecule has 0 bridgehead atoms. The fourth-order valence-corrected chi connectivity index (χ4v) is 5.05. The van der Waals surface area contributed by atoms with E-state index in [2.05, 4.69) is 15.3 Å². The third-order valence-corrected chi connectivity index (χ3v) is 7.61. The third-order valence-electron chi connectivity index (χ3n) is 7.61. The van der Waals surface area contributed by atoms with Crippen molar-refractivity contribution >= 4 is 16.8 Å². The van der Waals surface area contributed by atoms with Crippen LogP contribution in [0.25, 0.3) is 22.2 Å². The zero-order valence-electron chi connectivity index (χ0n) is 24.1. The van der Waals surface area contributed by atoms with Gasteiger partial charge in [0.05, 0.1) is 24.9 Å². The molecule has 1 amide bonds. The van der Waals surface area contributed by atoms with Crippen LogP contribution in [-0.4, -0.2) is 39.7 Å². The van der Waals surface area contributed by atoms with Crippen LogP contribution >= 0.6 is 0 Å². The number of hydrogen-bond acceptors (Lipinski definition) is 6. The summed E-state index contributed by atoms with van der Waals surface area (Å²) in [6.45, 7) is 2.40. The molecule has 0 aliphatic heterocycles. The molecule has 1 fully saturated rings. The zero-order valence-corrected chi connectivity index (χ0v) is 24.1. The van der Waals surface area contributed by atoms with E-state index in [-0.39, 0.29) is 63.6 Å². The van der Waals surface area contributed by atoms with Crippen molar-refractivity contribution in [3.05, 3.63) is 88.7 Å². The highest BCUT2D eigenvalue weighted by Gasteiger charge is 2.40. The maximum atomic E-state index is 15.7. The Morgan fingerprint density at radius 1 is 0.977 bits per heavy atom. The van der Waals surface area contributed by atoms with Crippen molar-refractivity contribution in [2.45, 2.75) is 50.5 Å². The monoisotopic (exact) mass is 615 g/mol. The summed E-state index contributed by atoms with van der Waals surface area (Å²) < 4.78 is 74.1. The Labute approximate surface area is 249 Å². The van der Waals surface area contributed by atoms with Gasteiger partial charge in [0.2, 0.25) is 0 Å². The number of halogens is 5. The maximum absolute atomic E-state index is 15.7. The Bertz CT molecular complexity index is 1720. The smallest absolute Gasteiger partial charge is 0.433 e. The van der Waals surface area contributed by atoms with Gasteiger partial charge in [0.1, 0.15) is 34.1 Å². The number of alkyl halides is 3. The van der Waals surface area contributed by atoms with Gasteiger partial charge in [-0.2, -0.15) is 13.2 Å². The van der Waals surface area contributed by atoms with Crippen LogP contribution in [0.5, 0.6) is 5.75 Å². The minimum absolute atomic E-state index is 0.00234. The first-order chi connectivity index (χ1) is 20.6. The molecule has 44 heavy (non-hydrogen) atoms. The molecule has 7 nitrogen and oxygen atoms in total. The summed E-state index contributed by atoms with van der Waals surface area (Å²) in [6, 6.07) is 10.8. The largest absolute Gasteiger partial charge is 0.494 e. The lowest BCUT2D eigenvalue weighted by Crippen LogP contribution is -2.42. The van der Waals surface area contributed by atoms with Crippen LogP contribution in [0.4, 0.5) is 22.0 Å². The number of aliphatic hydroxyl groups is 2. The molecule has 232 valence electrons. The second kappa shape index (κ2) is 11.4. The summed E-state index contributed by atoms with van der Waals surface area (Å²) in [5.41, 5.74) is -4.75. The summed E-state index contributed by atoms with van der Waals surface area (Å²) in [4.78, 5) is 21.4. The van der Waals surface area contributed by atoms with E-state index in [1.807, 2.05) is 0 Å². The van der Waals surface area contributed by atoms with Gasteiger partial charge in [0.15, 0.2) is 5.82 Å². The van der Waals surface area contributed by atoms with Crippen molar-refractivity contribution in [1.82, 2.24) is 15.3 Å². The van der Waals surface area contributed by atoms with Crippen molar-refractivity contribution in [2.75, 3.05) is 13.7 Å². The number of ether oxygens (including phenoxy) is 1. The van der Waals surface area contributed by atoms with Crippen molar-refractivity contribution in [3.63, 3.8) is 0 Å². The average Bonchev–Trinajstić information content (AvgIpc) is 3.78. The number of nitrogens with zero attached hydrogens (tertiary/aromatic N) is 2. The molecule has 1 unspecified atom stereocenters.